The van der Waals surface area contributed by atoms with Crippen molar-refractivity contribution in [2.24, 2.45) is 0 Å². The summed E-state index contributed by atoms with van der Waals surface area (Å²) in [7, 11) is 0. The van der Waals surface area contributed by atoms with Crippen LogP contribution in [-0.4, -0.2) is 25.0 Å². The molecule has 1 aliphatic rings. The van der Waals surface area contributed by atoms with Crippen molar-refractivity contribution in [3.63, 3.8) is 0 Å². The van der Waals surface area contributed by atoms with Crippen LogP contribution < -0.4 is 10.2 Å². The molecule has 1 amide bonds. The summed E-state index contributed by atoms with van der Waals surface area (Å²) < 4.78 is 13.7. The van der Waals surface area contributed by atoms with Crippen molar-refractivity contribution >= 4 is 23.2 Å². The number of nitrogens with zero attached hydrogens (tertiary/aromatic N) is 1. The molecule has 1 unspecified atom stereocenters. The third kappa shape index (κ3) is 2.65. The molecule has 0 aliphatic carbocycles. The second kappa shape index (κ2) is 5.67. The van der Waals surface area contributed by atoms with Crippen molar-refractivity contribution in [1.82, 2.24) is 5.32 Å². The molecule has 1 aliphatic heterocycles. The lowest BCUT2D eigenvalue weighted by atomic mass is 10.2. The van der Waals surface area contributed by atoms with Gasteiger partial charge in [0.1, 0.15) is 5.82 Å². The summed E-state index contributed by atoms with van der Waals surface area (Å²) in [5, 5.41) is 3.60. The van der Waals surface area contributed by atoms with Gasteiger partial charge in [0.25, 0.3) is 0 Å². The van der Waals surface area contributed by atoms with Gasteiger partial charge in [-0.05, 0) is 37.6 Å². The van der Waals surface area contributed by atoms with Crippen molar-refractivity contribution in [1.29, 1.82) is 0 Å². The second-order valence-corrected chi connectivity index (χ2v) is 4.82. The van der Waals surface area contributed by atoms with Crippen LogP contribution >= 0.6 is 11.6 Å². The molecule has 18 heavy (non-hydrogen) atoms. The van der Waals surface area contributed by atoms with E-state index in [1.54, 1.807) is 0 Å². The van der Waals surface area contributed by atoms with E-state index in [1.165, 1.54) is 23.1 Å². The number of nitrogens with one attached hydrogen (secondary N) is 1. The molecule has 3 nitrogen and oxygen atoms in total. The number of hydrogen-bond acceptors (Lipinski definition) is 2. The van der Waals surface area contributed by atoms with Gasteiger partial charge in [-0.3, -0.25) is 4.79 Å². The zero-order valence-electron chi connectivity index (χ0n) is 10.2. The predicted octanol–water partition coefficient (Wildman–Crippen LogP) is 2.58. The van der Waals surface area contributed by atoms with E-state index in [1.807, 2.05) is 6.92 Å². The van der Waals surface area contributed by atoms with Crippen molar-refractivity contribution < 1.29 is 9.18 Å². The van der Waals surface area contributed by atoms with Gasteiger partial charge in [0.15, 0.2) is 0 Å². The monoisotopic (exact) mass is 270 g/mol. The third-order valence-electron chi connectivity index (χ3n) is 3.05. The van der Waals surface area contributed by atoms with Crippen molar-refractivity contribution in [3.8, 4) is 0 Å². The third-order valence-corrected chi connectivity index (χ3v) is 3.28. The van der Waals surface area contributed by atoms with Crippen LogP contribution in [0.3, 0.4) is 0 Å². The highest BCUT2D eigenvalue weighted by atomic mass is 35.5. The van der Waals surface area contributed by atoms with Gasteiger partial charge in [-0.25, -0.2) is 4.39 Å². The first kappa shape index (κ1) is 13.3. The maximum atomic E-state index is 13.7. The number of carbonyl (C=O) groups excluding carboxylic acids is 1. The zero-order chi connectivity index (χ0) is 13.1. The largest absolute Gasteiger partial charge is 0.308 e. The number of hydrogen-bond donors (Lipinski definition) is 1. The van der Waals surface area contributed by atoms with Crippen molar-refractivity contribution in [2.45, 2.75) is 25.8 Å². The van der Waals surface area contributed by atoms with E-state index in [9.17, 15) is 9.18 Å². The Labute approximate surface area is 111 Å². The molecule has 2 rings (SSSR count). The summed E-state index contributed by atoms with van der Waals surface area (Å²) in [6, 6.07) is 4.06. The first-order chi connectivity index (χ1) is 8.63. The predicted molar refractivity (Wildman–Crippen MR) is 70.5 cm³/mol. The van der Waals surface area contributed by atoms with Crippen molar-refractivity contribution in [3.05, 3.63) is 29.0 Å². The highest BCUT2D eigenvalue weighted by Crippen LogP contribution is 2.27. The van der Waals surface area contributed by atoms with Gasteiger partial charge in [0.05, 0.1) is 11.7 Å². The number of halogens is 2. The standard InChI is InChI=1S/C13H16ClFN2O/c1-2-6-16-11-5-7-17(13(11)18)12-8-9(14)3-4-10(12)15/h3-4,8,11,16H,2,5-7H2,1H3. The van der Waals surface area contributed by atoms with Crippen LogP contribution in [0.4, 0.5) is 10.1 Å². The molecule has 1 atom stereocenters. The molecule has 0 aromatic heterocycles. The molecule has 1 aromatic rings. The molecule has 1 aromatic carbocycles. The molecule has 1 saturated heterocycles. The summed E-state index contributed by atoms with van der Waals surface area (Å²) in [4.78, 5) is 13.6. The fraction of sp³-hybridized carbons (Fsp3) is 0.462. The minimum atomic E-state index is -0.413. The Morgan fingerprint density at radius 2 is 2.33 bits per heavy atom. The minimum Gasteiger partial charge on any atom is -0.308 e. The molecule has 0 saturated carbocycles. The van der Waals surface area contributed by atoms with E-state index in [0.29, 0.717) is 18.0 Å². The van der Waals surface area contributed by atoms with Gasteiger partial charge in [-0.1, -0.05) is 18.5 Å². The average molecular weight is 271 g/mol. The Morgan fingerprint density at radius 1 is 1.56 bits per heavy atom. The summed E-state index contributed by atoms with van der Waals surface area (Å²) in [5.74, 6) is -0.492. The Hall–Kier alpha value is -1.13. The van der Waals surface area contributed by atoms with E-state index < -0.39 is 5.82 Å². The minimum absolute atomic E-state index is 0.0791. The van der Waals surface area contributed by atoms with Crippen LogP contribution in [0.2, 0.25) is 5.02 Å². The van der Waals surface area contributed by atoms with E-state index in [0.717, 1.165) is 13.0 Å². The molecule has 1 N–H and O–H groups in total. The van der Waals surface area contributed by atoms with Gasteiger partial charge in [-0.2, -0.15) is 0 Å². The van der Waals surface area contributed by atoms with Gasteiger partial charge in [-0.15, -0.1) is 0 Å². The zero-order valence-corrected chi connectivity index (χ0v) is 11.0. The van der Waals surface area contributed by atoms with Gasteiger partial charge < -0.3 is 10.2 Å². The van der Waals surface area contributed by atoms with Gasteiger partial charge >= 0.3 is 0 Å². The highest BCUT2D eigenvalue weighted by Gasteiger charge is 2.33. The molecular weight excluding hydrogens is 255 g/mol. The smallest absolute Gasteiger partial charge is 0.244 e. The Kier molecular flexibility index (Phi) is 4.19. The molecule has 1 fully saturated rings. The Morgan fingerprint density at radius 3 is 3.06 bits per heavy atom. The second-order valence-electron chi connectivity index (χ2n) is 4.38. The average Bonchev–Trinajstić information content (AvgIpc) is 2.71. The maximum absolute atomic E-state index is 13.7. The summed E-state index contributed by atoms with van der Waals surface area (Å²) >= 11 is 5.84. The highest BCUT2D eigenvalue weighted by molar-refractivity contribution is 6.31. The number of carbonyl (C=O) groups is 1. The summed E-state index contributed by atoms with van der Waals surface area (Å²) in [6.45, 7) is 3.36. The van der Waals surface area contributed by atoms with Gasteiger partial charge in [0.2, 0.25) is 5.91 Å². The van der Waals surface area contributed by atoms with Crippen LogP contribution in [0.5, 0.6) is 0 Å². The van der Waals surface area contributed by atoms with Crippen LogP contribution in [0.1, 0.15) is 19.8 Å². The van der Waals surface area contributed by atoms with E-state index in [-0.39, 0.29) is 17.6 Å². The SMILES string of the molecule is CCCNC1CCN(c2cc(Cl)ccc2F)C1=O. The lowest BCUT2D eigenvalue weighted by molar-refractivity contribution is -0.118. The van der Waals surface area contributed by atoms with Crippen LogP contribution in [0, 0.1) is 5.82 Å². The molecule has 98 valence electrons. The molecular formula is C13H16ClFN2O. The number of rotatable bonds is 4. The number of amides is 1. The Bertz CT molecular complexity index is 453. The van der Waals surface area contributed by atoms with E-state index in [4.69, 9.17) is 11.6 Å². The maximum Gasteiger partial charge on any atom is 0.244 e. The first-order valence-corrected chi connectivity index (χ1v) is 6.51. The fourth-order valence-electron chi connectivity index (χ4n) is 2.12. The van der Waals surface area contributed by atoms with Crippen molar-refractivity contribution in [2.75, 3.05) is 18.0 Å². The van der Waals surface area contributed by atoms with Gasteiger partial charge in [0, 0.05) is 11.6 Å². The van der Waals surface area contributed by atoms with E-state index >= 15 is 0 Å². The number of benzene rings is 1. The molecule has 0 bridgehead atoms. The molecule has 1 heterocycles. The van der Waals surface area contributed by atoms with Crippen LogP contribution in [-0.2, 0) is 4.79 Å². The van der Waals surface area contributed by atoms with E-state index in [2.05, 4.69) is 5.32 Å². The Balaban J connectivity index is 2.15. The molecule has 5 heteroatoms. The summed E-state index contributed by atoms with van der Waals surface area (Å²) in [5.41, 5.74) is 0.272. The quantitative estimate of drug-likeness (QED) is 0.912. The molecule has 0 spiro atoms. The fourth-order valence-corrected chi connectivity index (χ4v) is 2.29. The lowest BCUT2D eigenvalue weighted by Gasteiger charge is -2.18. The van der Waals surface area contributed by atoms with Crippen LogP contribution in [0.15, 0.2) is 18.2 Å². The summed E-state index contributed by atoms with van der Waals surface area (Å²) in [6.07, 6.45) is 1.67. The topological polar surface area (TPSA) is 32.3 Å². The first-order valence-electron chi connectivity index (χ1n) is 6.13. The number of anilines is 1. The lowest BCUT2D eigenvalue weighted by Crippen LogP contribution is -2.38. The normalized spacial score (nSPS) is 19.6. The van der Waals surface area contributed by atoms with Crippen LogP contribution in [0.25, 0.3) is 0 Å². The molecule has 0 radical (unpaired) electrons.